The van der Waals surface area contributed by atoms with Gasteiger partial charge in [-0.05, 0) is 43.4 Å². The SMILES string of the molecule is Cc1ccc(/C=C/C(=O)NC(=S)NNC(=O)c2ccccc2[N+](=O)[O-])o1. The van der Waals surface area contributed by atoms with Crippen LogP contribution in [0.3, 0.4) is 0 Å². The Labute approximate surface area is 153 Å². The van der Waals surface area contributed by atoms with E-state index in [0.717, 1.165) is 0 Å². The summed E-state index contributed by atoms with van der Waals surface area (Å²) in [5, 5.41) is 13.0. The van der Waals surface area contributed by atoms with Crippen LogP contribution >= 0.6 is 12.2 Å². The van der Waals surface area contributed by atoms with Crippen molar-refractivity contribution in [3.05, 3.63) is 69.7 Å². The maximum absolute atomic E-state index is 12.0. The summed E-state index contributed by atoms with van der Waals surface area (Å²) < 4.78 is 5.27. The number of thiocarbonyl (C=S) groups is 1. The van der Waals surface area contributed by atoms with Crippen molar-refractivity contribution in [2.75, 3.05) is 0 Å². The highest BCUT2D eigenvalue weighted by Gasteiger charge is 2.19. The van der Waals surface area contributed by atoms with Gasteiger partial charge in [-0.1, -0.05) is 12.1 Å². The Kier molecular flexibility index (Phi) is 6.17. The Morgan fingerprint density at radius 3 is 2.58 bits per heavy atom. The van der Waals surface area contributed by atoms with Crippen LogP contribution in [-0.4, -0.2) is 21.9 Å². The Morgan fingerprint density at radius 2 is 1.92 bits per heavy atom. The molecule has 26 heavy (non-hydrogen) atoms. The van der Waals surface area contributed by atoms with Gasteiger partial charge in [0.25, 0.3) is 11.6 Å². The van der Waals surface area contributed by atoms with E-state index in [1.54, 1.807) is 19.1 Å². The molecule has 1 aromatic heterocycles. The third-order valence-electron chi connectivity index (χ3n) is 3.03. The molecule has 0 bridgehead atoms. The van der Waals surface area contributed by atoms with Crippen molar-refractivity contribution in [3.8, 4) is 0 Å². The van der Waals surface area contributed by atoms with Crippen molar-refractivity contribution < 1.29 is 18.9 Å². The van der Waals surface area contributed by atoms with Crippen molar-refractivity contribution in [2.24, 2.45) is 0 Å². The second-order valence-electron chi connectivity index (χ2n) is 4.95. The van der Waals surface area contributed by atoms with Gasteiger partial charge in [0.05, 0.1) is 4.92 Å². The minimum Gasteiger partial charge on any atom is -0.462 e. The number of carbonyl (C=O) groups is 2. The van der Waals surface area contributed by atoms with Crippen molar-refractivity contribution >= 4 is 40.9 Å². The number of aryl methyl sites for hydroxylation is 1. The van der Waals surface area contributed by atoms with Crippen molar-refractivity contribution in [1.29, 1.82) is 0 Å². The monoisotopic (exact) mass is 374 g/mol. The van der Waals surface area contributed by atoms with Gasteiger partial charge in [-0.15, -0.1) is 0 Å². The molecule has 9 nitrogen and oxygen atoms in total. The van der Waals surface area contributed by atoms with Gasteiger partial charge in [-0.25, -0.2) is 0 Å². The van der Waals surface area contributed by atoms with Gasteiger partial charge in [0.1, 0.15) is 17.1 Å². The molecule has 2 rings (SSSR count). The number of nitrogens with zero attached hydrogens (tertiary/aromatic N) is 1. The van der Waals surface area contributed by atoms with E-state index in [4.69, 9.17) is 16.6 Å². The maximum atomic E-state index is 12.0. The van der Waals surface area contributed by atoms with Crippen LogP contribution in [0.25, 0.3) is 6.08 Å². The van der Waals surface area contributed by atoms with Crippen molar-refractivity contribution in [3.63, 3.8) is 0 Å². The summed E-state index contributed by atoms with van der Waals surface area (Å²) in [6.45, 7) is 1.77. The molecule has 3 N–H and O–H groups in total. The fourth-order valence-corrected chi connectivity index (χ4v) is 2.04. The second-order valence-corrected chi connectivity index (χ2v) is 5.36. The third-order valence-corrected chi connectivity index (χ3v) is 3.24. The fraction of sp³-hybridized carbons (Fsp3) is 0.0625. The summed E-state index contributed by atoms with van der Waals surface area (Å²) in [6.07, 6.45) is 2.66. The first-order chi connectivity index (χ1) is 12.4. The predicted octanol–water partition coefficient (Wildman–Crippen LogP) is 1.85. The standard InChI is InChI=1S/C16H14N4O5S/c1-10-6-7-11(25-10)8-9-14(21)17-16(26)19-18-15(22)12-4-2-3-5-13(12)20(23)24/h2-9H,1H3,(H,18,22)(H2,17,19,21,26)/b9-8+. The molecule has 0 aliphatic carbocycles. The lowest BCUT2D eigenvalue weighted by Gasteiger charge is -2.09. The number of nitrogens with one attached hydrogen (secondary N) is 3. The molecule has 1 aromatic carbocycles. The number of nitro groups is 1. The Hall–Kier alpha value is -3.53. The molecule has 2 aromatic rings. The first-order valence-corrected chi connectivity index (χ1v) is 7.67. The van der Waals surface area contributed by atoms with Crippen LogP contribution in [-0.2, 0) is 4.79 Å². The Bertz CT molecular complexity index is 890. The number of nitro benzene ring substituents is 1. The normalized spacial score (nSPS) is 10.3. The van der Waals surface area contributed by atoms with Gasteiger partial charge in [0, 0.05) is 12.1 Å². The molecule has 0 saturated heterocycles. The number of amides is 2. The molecular formula is C16H14N4O5S. The number of hydrogen-bond donors (Lipinski definition) is 3. The molecular weight excluding hydrogens is 360 g/mol. The molecule has 0 spiro atoms. The molecule has 10 heteroatoms. The largest absolute Gasteiger partial charge is 0.462 e. The van der Waals surface area contributed by atoms with Gasteiger partial charge in [0.15, 0.2) is 5.11 Å². The number of rotatable bonds is 4. The van der Waals surface area contributed by atoms with Gasteiger partial charge in [-0.3, -0.25) is 35.9 Å². The number of para-hydroxylation sites is 1. The average molecular weight is 374 g/mol. The molecule has 1 heterocycles. The minimum absolute atomic E-state index is 0.146. The van der Waals surface area contributed by atoms with Gasteiger partial charge >= 0.3 is 0 Å². The van der Waals surface area contributed by atoms with Gasteiger partial charge < -0.3 is 4.42 Å². The van der Waals surface area contributed by atoms with E-state index in [2.05, 4.69) is 16.2 Å². The highest BCUT2D eigenvalue weighted by atomic mass is 32.1. The smallest absolute Gasteiger partial charge is 0.282 e. The lowest BCUT2D eigenvalue weighted by atomic mass is 10.2. The number of hydrogen-bond acceptors (Lipinski definition) is 6. The molecule has 0 saturated carbocycles. The number of benzene rings is 1. The topological polar surface area (TPSA) is 127 Å². The quantitative estimate of drug-likeness (QED) is 0.323. The molecule has 0 aliphatic heterocycles. The van der Waals surface area contributed by atoms with Crippen molar-refractivity contribution in [1.82, 2.24) is 16.2 Å². The highest BCUT2D eigenvalue weighted by Crippen LogP contribution is 2.16. The maximum Gasteiger partial charge on any atom is 0.282 e. The lowest BCUT2D eigenvalue weighted by molar-refractivity contribution is -0.385. The zero-order chi connectivity index (χ0) is 19.1. The lowest BCUT2D eigenvalue weighted by Crippen LogP contribution is -2.48. The van der Waals surface area contributed by atoms with Crippen LogP contribution in [0.4, 0.5) is 5.69 Å². The predicted molar refractivity (Wildman–Crippen MR) is 96.9 cm³/mol. The van der Waals surface area contributed by atoms with E-state index >= 15 is 0 Å². The molecule has 0 fully saturated rings. The summed E-state index contributed by atoms with van der Waals surface area (Å²) in [7, 11) is 0. The van der Waals surface area contributed by atoms with Gasteiger partial charge in [0.2, 0.25) is 5.91 Å². The van der Waals surface area contributed by atoms with Crippen LogP contribution in [0.5, 0.6) is 0 Å². The van der Waals surface area contributed by atoms with E-state index in [0.29, 0.717) is 11.5 Å². The Balaban J connectivity index is 1.86. The average Bonchev–Trinajstić information content (AvgIpc) is 3.03. The zero-order valence-electron chi connectivity index (χ0n) is 13.5. The molecule has 134 valence electrons. The van der Waals surface area contributed by atoms with Crippen LogP contribution < -0.4 is 16.2 Å². The van der Waals surface area contributed by atoms with Crippen LogP contribution in [0, 0.1) is 17.0 Å². The molecule has 0 radical (unpaired) electrons. The van der Waals surface area contributed by atoms with Gasteiger partial charge in [-0.2, -0.15) is 0 Å². The molecule has 2 amide bonds. The summed E-state index contributed by atoms with van der Waals surface area (Å²) in [4.78, 5) is 34.0. The summed E-state index contributed by atoms with van der Waals surface area (Å²) in [5.74, 6) is -0.104. The Morgan fingerprint density at radius 1 is 1.19 bits per heavy atom. The highest BCUT2D eigenvalue weighted by molar-refractivity contribution is 7.80. The third kappa shape index (κ3) is 5.24. The summed E-state index contributed by atoms with van der Waals surface area (Å²) in [6, 6.07) is 8.88. The van der Waals surface area contributed by atoms with Crippen LogP contribution in [0.15, 0.2) is 46.9 Å². The zero-order valence-corrected chi connectivity index (χ0v) is 14.3. The number of hydrazine groups is 1. The van der Waals surface area contributed by atoms with Crippen LogP contribution in [0.1, 0.15) is 21.9 Å². The minimum atomic E-state index is -0.768. The van der Waals surface area contributed by atoms with E-state index < -0.39 is 16.7 Å². The van der Waals surface area contributed by atoms with Crippen molar-refractivity contribution in [2.45, 2.75) is 6.92 Å². The molecule has 0 unspecified atom stereocenters. The number of furan rings is 1. The van der Waals surface area contributed by atoms with E-state index in [1.165, 1.54) is 36.4 Å². The first-order valence-electron chi connectivity index (χ1n) is 7.26. The molecule has 0 atom stereocenters. The van der Waals surface area contributed by atoms with E-state index in [9.17, 15) is 19.7 Å². The van der Waals surface area contributed by atoms with E-state index in [1.807, 2.05) is 0 Å². The first kappa shape index (κ1) is 18.8. The number of carbonyl (C=O) groups excluding carboxylic acids is 2. The van der Waals surface area contributed by atoms with E-state index in [-0.39, 0.29) is 16.4 Å². The second kappa shape index (κ2) is 8.53. The summed E-state index contributed by atoms with van der Waals surface area (Å²) >= 11 is 4.87. The fourth-order valence-electron chi connectivity index (χ4n) is 1.89. The molecule has 0 aliphatic rings. The summed E-state index contributed by atoms with van der Waals surface area (Å²) in [5.41, 5.74) is 3.99. The van der Waals surface area contributed by atoms with Crippen LogP contribution in [0.2, 0.25) is 0 Å².